The number of rotatable bonds is 7. The normalized spacial score (nSPS) is 15.1. The van der Waals surface area contributed by atoms with E-state index in [4.69, 9.17) is 4.74 Å². The first kappa shape index (κ1) is 17.6. The van der Waals surface area contributed by atoms with Crippen molar-refractivity contribution in [2.45, 2.75) is 40.2 Å². The smallest absolute Gasteiger partial charge is 0.268 e. The van der Waals surface area contributed by atoms with E-state index in [0.29, 0.717) is 17.1 Å². The van der Waals surface area contributed by atoms with Crippen molar-refractivity contribution < 1.29 is 14.3 Å². The summed E-state index contributed by atoms with van der Waals surface area (Å²) in [6, 6.07) is 7.26. The van der Waals surface area contributed by atoms with Gasteiger partial charge in [0.25, 0.3) is 11.8 Å². The summed E-state index contributed by atoms with van der Waals surface area (Å²) in [6.07, 6.45) is 0.945. The molecule has 1 aliphatic rings. The largest absolute Gasteiger partial charge is 0.494 e. The molecule has 5 heteroatoms. The van der Waals surface area contributed by atoms with Crippen molar-refractivity contribution >= 4 is 29.1 Å². The molecule has 4 nitrogen and oxygen atoms in total. The van der Waals surface area contributed by atoms with Crippen molar-refractivity contribution in [1.82, 2.24) is 4.90 Å². The summed E-state index contributed by atoms with van der Waals surface area (Å²) in [4.78, 5) is 27.1. The molecule has 0 saturated heterocycles. The zero-order chi connectivity index (χ0) is 17.0. The van der Waals surface area contributed by atoms with E-state index in [0.717, 1.165) is 23.5 Å². The highest BCUT2D eigenvalue weighted by atomic mass is 32.2. The minimum Gasteiger partial charge on any atom is -0.494 e. The van der Waals surface area contributed by atoms with Gasteiger partial charge in [0.2, 0.25) is 0 Å². The van der Waals surface area contributed by atoms with Gasteiger partial charge in [-0.1, -0.05) is 26.0 Å². The van der Waals surface area contributed by atoms with Gasteiger partial charge in [-0.3, -0.25) is 14.5 Å². The fourth-order valence-corrected chi connectivity index (χ4v) is 3.33. The Hall–Kier alpha value is -1.75. The molecule has 124 valence electrons. The summed E-state index contributed by atoms with van der Waals surface area (Å²) in [6.45, 7) is 8.41. The molecule has 0 radical (unpaired) electrons. The lowest BCUT2D eigenvalue weighted by Gasteiger charge is -2.19. The Bertz CT molecular complexity index is 620. The number of benzene rings is 1. The van der Waals surface area contributed by atoms with E-state index in [1.165, 1.54) is 16.7 Å². The van der Waals surface area contributed by atoms with Gasteiger partial charge in [-0.15, -0.1) is 11.8 Å². The van der Waals surface area contributed by atoms with Crippen LogP contribution in [0, 0.1) is 0 Å². The summed E-state index contributed by atoms with van der Waals surface area (Å²) >= 11 is 1.43. The maximum atomic E-state index is 12.7. The zero-order valence-corrected chi connectivity index (χ0v) is 14.9. The predicted octanol–water partition coefficient (Wildman–Crippen LogP) is 3.72. The molecule has 0 unspecified atom stereocenters. The lowest BCUT2D eigenvalue weighted by atomic mass is 10.1. The second-order valence-corrected chi connectivity index (χ2v) is 6.86. The number of hydrogen-bond donors (Lipinski definition) is 0. The van der Waals surface area contributed by atoms with Crippen molar-refractivity contribution in [3.8, 4) is 5.75 Å². The fourth-order valence-electron chi connectivity index (χ4n) is 2.47. The molecule has 23 heavy (non-hydrogen) atoms. The second-order valence-electron chi connectivity index (χ2n) is 5.58. The third kappa shape index (κ3) is 3.61. The highest BCUT2D eigenvalue weighted by molar-refractivity contribution is 8.04. The minimum atomic E-state index is -0.205. The Labute approximate surface area is 141 Å². The molecular weight excluding hydrogens is 310 g/mol. The van der Waals surface area contributed by atoms with Gasteiger partial charge in [0.1, 0.15) is 5.75 Å². The van der Waals surface area contributed by atoms with Gasteiger partial charge >= 0.3 is 0 Å². The van der Waals surface area contributed by atoms with Crippen LogP contribution in [0.2, 0.25) is 0 Å². The molecule has 0 N–H and O–H groups in total. The van der Waals surface area contributed by atoms with Gasteiger partial charge in [-0.05, 0) is 43.7 Å². The summed E-state index contributed by atoms with van der Waals surface area (Å²) in [5.41, 5.74) is 1.28. The number of thioether (sulfide) groups is 1. The molecule has 0 spiro atoms. The predicted molar refractivity (Wildman–Crippen MR) is 94.3 cm³/mol. The van der Waals surface area contributed by atoms with Crippen molar-refractivity contribution in [2.75, 3.05) is 12.4 Å². The Morgan fingerprint density at radius 3 is 2.26 bits per heavy atom. The number of nitrogens with zero attached hydrogens (tertiary/aromatic N) is 1. The average Bonchev–Trinajstić information content (AvgIpc) is 2.77. The van der Waals surface area contributed by atoms with Crippen LogP contribution in [0.1, 0.15) is 39.7 Å². The Morgan fingerprint density at radius 1 is 1.09 bits per heavy atom. The van der Waals surface area contributed by atoms with Crippen molar-refractivity contribution in [2.24, 2.45) is 0 Å². The molecule has 1 aliphatic heterocycles. The van der Waals surface area contributed by atoms with Gasteiger partial charge in [0.15, 0.2) is 0 Å². The molecule has 1 heterocycles. The van der Waals surface area contributed by atoms with E-state index in [-0.39, 0.29) is 17.9 Å². The molecule has 1 aromatic carbocycles. The number of imide groups is 1. The van der Waals surface area contributed by atoms with Crippen LogP contribution in [-0.4, -0.2) is 35.1 Å². The second kappa shape index (κ2) is 7.68. The van der Waals surface area contributed by atoms with Crippen LogP contribution < -0.4 is 4.74 Å². The molecule has 2 amide bonds. The van der Waals surface area contributed by atoms with Gasteiger partial charge in [-0.2, -0.15) is 0 Å². The molecule has 0 aromatic heterocycles. The summed E-state index contributed by atoms with van der Waals surface area (Å²) in [5.74, 6) is 1.14. The Morgan fingerprint density at radius 2 is 1.74 bits per heavy atom. The first-order valence-electron chi connectivity index (χ1n) is 7.99. The maximum absolute atomic E-state index is 12.7. The Kier molecular flexibility index (Phi) is 5.88. The van der Waals surface area contributed by atoms with Crippen LogP contribution in [0.3, 0.4) is 0 Å². The highest BCUT2D eigenvalue weighted by Crippen LogP contribution is 2.37. The van der Waals surface area contributed by atoms with E-state index < -0.39 is 0 Å². The van der Waals surface area contributed by atoms with Gasteiger partial charge in [0.05, 0.1) is 17.1 Å². The molecule has 0 fully saturated rings. The quantitative estimate of drug-likeness (QED) is 0.714. The number of carbonyl (C=O) groups is 2. The van der Waals surface area contributed by atoms with E-state index in [2.05, 4.69) is 6.92 Å². The van der Waals surface area contributed by atoms with Crippen molar-refractivity contribution in [3.05, 3.63) is 34.7 Å². The summed E-state index contributed by atoms with van der Waals surface area (Å²) in [7, 11) is 0. The van der Waals surface area contributed by atoms with Crippen molar-refractivity contribution in [1.29, 1.82) is 0 Å². The first-order chi connectivity index (χ1) is 11.0. The van der Waals surface area contributed by atoms with Crippen LogP contribution in [0.15, 0.2) is 29.2 Å². The van der Waals surface area contributed by atoms with E-state index in [1.54, 1.807) is 0 Å². The maximum Gasteiger partial charge on any atom is 0.268 e. The molecule has 2 rings (SSSR count). The van der Waals surface area contributed by atoms with E-state index >= 15 is 0 Å². The molecule has 0 bridgehead atoms. The fraction of sp³-hybridized carbons (Fsp3) is 0.444. The Balaban J connectivity index is 2.37. The number of carbonyl (C=O) groups excluding carboxylic acids is 2. The lowest BCUT2D eigenvalue weighted by molar-refractivity contribution is -0.138. The third-order valence-electron chi connectivity index (χ3n) is 3.49. The number of ether oxygens (including phenoxy) is 1. The van der Waals surface area contributed by atoms with Gasteiger partial charge in [-0.25, -0.2) is 0 Å². The van der Waals surface area contributed by atoms with E-state index in [1.807, 2.05) is 45.0 Å². The van der Waals surface area contributed by atoms with Crippen LogP contribution >= 0.6 is 11.8 Å². The molecule has 0 aliphatic carbocycles. The van der Waals surface area contributed by atoms with E-state index in [9.17, 15) is 9.59 Å². The zero-order valence-electron chi connectivity index (χ0n) is 14.1. The standard InChI is InChI=1S/C18H23NO3S/c1-5-11-22-14-9-7-13(8-10-14)15-16(23-6-2)18(21)19(12(3)4)17(15)20/h7-10,12H,5-6,11H2,1-4H3. The number of amides is 2. The molecular formula is C18H23NO3S. The first-order valence-corrected chi connectivity index (χ1v) is 8.98. The van der Waals surface area contributed by atoms with Gasteiger partial charge in [0, 0.05) is 6.04 Å². The lowest BCUT2D eigenvalue weighted by Crippen LogP contribution is -2.37. The number of hydrogen-bond acceptors (Lipinski definition) is 4. The van der Waals surface area contributed by atoms with Crippen molar-refractivity contribution in [3.63, 3.8) is 0 Å². The van der Waals surface area contributed by atoms with Crippen LogP contribution in [0.5, 0.6) is 5.75 Å². The van der Waals surface area contributed by atoms with Gasteiger partial charge < -0.3 is 4.74 Å². The van der Waals surface area contributed by atoms with Crippen LogP contribution in [0.4, 0.5) is 0 Å². The molecule has 0 atom stereocenters. The van der Waals surface area contributed by atoms with Crippen LogP contribution in [-0.2, 0) is 9.59 Å². The topological polar surface area (TPSA) is 46.6 Å². The summed E-state index contributed by atoms with van der Waals surface area (Å²) in [5, 5.41) is 0. The van der Waals surface area contributed by atoms with Crippen LogP contribution in [0.25, 0.3) is 5.57 Å². The summed E-state index contributed by atoms with van der Waals surface area (Å²) < 4.78 is 5.57. The highest BCUT2D eigenvalue weighted by Gasteiger charge is 2.40. The average molecular weight is 333 g/mol. The molecule has 1 aromatic rings. The SMILES string of the molecule is CCCOc1ccc(C2=C(SCC)C(=O)N(C(C)C)C2=O)cc1. The molecule has 0 saturated carbocycles. The minimum absolute atomic E-state index is 0.146. The monoisotopic (exact) mass is 333 g/mol. The third-order valence-corrected chi connectivity index (χ3v) is 4.45.